The Morgan fingerprint density at radius 3 is 1.11 bits per heavy atom. The standard InChI is InChI=1S/C58H109NO5/c1-3-5-7-9-11-13-15-17-19-20-21-22-23-24-25-26-27-28-30-34-38-42-46-50-56(61)55(54-60)59-57(62)51-47-43-39-35-32-33-37-41-45-49-53-64-58(63)52-48-44-40-36-31-29-18-16-14-12-10-8-6-4-2/h16,18,33,37,46,50,55-56,60-61H,3-15,17,19-32,34-36,38-45,47-49,51-54H2,1-2H3,(H,59,62)/b18-16-,37-33-,50-46+. The lowest BCUT2D eigenvalue weighted by Crippen LogP contribution is -2.45. The van der Waals surface area contributed by atoms with Gasteiger partial charge in [-0.15, -0.1) is 0 Å². The molecule has 0 radical (unpaired) electrons. The maximum Gasteiger partial charge on any atom is 0.305 e. The van der Waals surface area contributed by atoms with E-state index in [4.69, 9.17) is 4.74 Å². The summed E-state index contributed by atoms with van der Waals surface area (Å²) < 4.78 is 5.43. The zero-order chi connectivity index (χ0) is 46.5. The molecule has 0 aromatic heterocycles. The Morgan fingerprint density at radius 1 is 0.422 bits per heavy atom. The van der Waals surface area contributed by atoms with Crippen molar-refractivity contribution in [1.29, 1.82) is 0 Å². The molecular weight excluding hydrogens is 791 g/mol. The van der Waals surface area contributed by atoms with Crippen molar-refractivity contribution in [3.8, 4) is 0 Å². The van der Waals surface area contributed by atoms with Crippen LogP contribution in [0.25, 0.3) is 0 Å². The molecule has 0 aliphatic rings. The van der Waals surface area contributed by atoms with Crippen LogP contribution < -0.4 is 5.32 Å². The van der Waals surface area contributed by atoms with Gasteiger partial charge in [0.05, 0.1) is 25.4 Å². The van der Waals surface area contributed by atoms with E-state index < -0.39 is 12.1 Å². The van der Waals surface area contributed by atoms with E-state index in [1.165, 1.54) is 193 Å². The number of hydrogen-bond donors (Lipinski definition) is 3. The summed E-state index contributed by atoms with van der Waals surface area (Å²) in [5.41, 5.74) is 0. The monoisotopic (exact) mass is 900 g/mol. The first-order valence-electron chi connectivity index (χ1n) is 28.3. The third-order valence-corrected chi connectivity index (χ3v) is 12.9. The highest BCUT2D eigenvalue weighted by Crippen LogP contribution is 2.16. The zero-order valence-electron chi connectivity index (χ0n) is 42.8. The lowest BCUT2D eigenvalue weighted by molar-refractivity contribution is -0.143. The van der Waals surface area contributed by atoms with Crippen LogP contribution in [0.15, 0.2) is 36.5 Å². The molecule has 6 nitrogen and oxygen atoms in total. The molecule has 2 unspecified atom stereocenters. The highest BCUT2D eigenvalue weighted by Gasteiger charge is 2.18. The molecule has 0 fully saturated rings. The van der Waals surface area contributed by atoms with E-state index in [2.05, 4.69) is 43.5 Å². The fourth-order valence-corrected chi connectivity index (χ4v) is 8.50. The number of carbonyl (C=O) groups is 2. The van der Waals surface area contributed by atoms with E-state index in [0.29, 0.717) is 19.4 Å². The number of ether oxygens (including phenoxy) is 1. The van der Waals surface area contributed by atoms with E-state index in [9.17, 15) is 19.8 Å². The van der Waals surface area contributed by atoms with Crippen molar-refractivity contribution < 1.29 is 24.5 Å². The van der Waals surface area contributed by atoms with Gasteiger partial charge in [-0.2, -0.15) is 0 Å². The van der Waals surface area contributed by atoms with Gasteiger partial charge in [-0.3, -0.25) is 9.59 Å². The van der Waals surface area contributed by atoms with E-state index in [1.807, 2.05) is 6.08 Å². The number of esters is 1. The van der Waals surface area contributed by atoms with Gasteiger partial charge in [0.25, 0.3) is 0 Å². The SMILES string of the molecule is CCCCCCC/C=C\CCCCCCCC(=O)OCCCC/C=C\CCCCCCC(=O)NC(CO)C(O)/C=C/CCCCCCCCCCCCCCCCCCCCCCC. The Kier molecular flexibility index (Phi) is 52.1. The third-order valence-electron chi connectivity index (χ3n) is 12.9. The van der Waals surface area contributed by atoms with Crippen LogP contribution in [0.3, 0.4) is 0 Å². The molecule has 0 aliphatic heterocycles. The number of hydrogen-bond acceptors (Lipinski definition) is 5. The molecule has 0 heterocycles. The second-order valence-corrected chi connectivity index (χ2v) is 19.3. The summed E-state index contributed by atoms with van der Waals surface area (Å²) in [5, 5.41) is 23.1. The van der Waals surface area contributed by atoms with Crippen molar-refractivity contribution in [3.05, 3.63) is 36.5 Å². The van der Waals surface area contributed by atoms with Crippen molar-refractivity contribution in [3.63, 3.8) is 0 Å². The summed E-state index contributed by atoms with van der Waals surface area (Å²) in [4.78, 5) is 24.5. The van der Waals surface area contributed by atoms with Crippen LogP contribution in [0, 0.1) is 0 Å². The van der Waals surface area contributed by atoms with Gasteiger partial charge < -0.3 is 20.3 Å². The highest BCUT2D eigenvalue weighted by atomic mass is 16.5. The average molecular weight is 901 g/mol. The molecule has 0 aliphatic carbocycles. The van der Waals surface area contributed by atoms with Crippen molar-refractivity contribution in [2.75, 3.05) is 13.2 Å². The van der Waals surface area contributed by atoms with Crippen LogP contribution in [0.5, 0.6) is 0 Å². The lowest BCUT2D eigenvalue weighted by Gasteiger charge is -2.20. The van der Waals surface area contributed by atoms with Crippen molar-refractivity contribution in [2.24, 2.45) is 0 Å². The quantitative estimate of drug-likeness (QED) is 0.0321. The Hall–Kier alpha value is -1.92. The minimum atomic E-state index is -0.868. The third kappa shape index (κ3) is 49.5. The number of nitrogens with one attached hydrogen (secondary N) is 1. The van der Waals surface area contributed by atoms with Crippen LogP contribution in [-0.2, 0) is 14.3 Å². The summed E-state index contributed by atoms with van der Waals surface area (Å²) in [5.74, 6) is -0.149. The van der Waals surface area contributed by atoms with Gasteiger partial charge >= 0.3 is 5.97 Å². The zero-order valence-corrected chi connectivity index (χ0v) is 42.8. The van der Waals surface area contributed by atoms with E-state index in [-0.39, 0.29) is 18.5 Å². The summed E-state index contributed by atoms with van der Waals surface area (Å²) in [6, 6.07) is -0.655. The Balaban J connectivity index is 3.56. The van der Waals surface area contributed by atoms with Crippen LogP contribution in [0.4, 0.5) is 0 Å². The van der Waals surface area contributed by atoms with Gasteiger partial charge in [0.1, 0.15) is 0 Å². The van der Waals surface area contributed by atoms with Gasteiger partial charge in [-0.1, -0.05) is 237 Å². The topological polar surface area (TPSA) is 95.9 Å². The number of unbranched alkanes of at least 4 members (excludes halogenated alkanes) is 37. The predicted octanol–water partition coefficient (Wildman–Crippen LogP) is 17.2. The van der Waals surface area contributed by atoms with Gasteiger partial charge in [0.2, 0.25) is 5.91 Å². The van der Waals surface area contributed by atoms with Crippen LogP contribution in [0.2, 0.25) is 0 Å². The number of aliphatic hydroxyl groups is 2. The molecule has 0 spiro atoms. The first kappa shape index (κ1) is 62.1. The van der Waals surface area contributed by atoms with E-state index in [1.54, 1.807) is 6.08 Å². The van der Waals surface area contributed by atoms with Crippen molar-refractivity contribution in [2.45, 2.75) is 309 Å². The van der Waals surface area contributed by atoms with Gasteiger partial charge in [0.15, 0.2) is 0 Å². The van der Waals surface area contributed by atoms with Crippen molar-refractivity contribution in [1.82, 2.24) is 5.32 Å². The molecule has 1 amide bonds. The number of amides is 1. The summed E-state index contributed by atoms with van der Waals surface area (Å²) >= 11 is 0. The molecule has 376 valence electrons. The molecule has 64 heavy (non-hydrogen) atoms. The summed E-state index contributed by atoms with van der Waals surface area (Å²) in [7, 11) is 0. The van der Waals surface area contributed by atoms with Gasteiger partial charge in [-0.05, 0) is 83.5 Å². The van der Waals surface area contributed by atoms with E-state index in [0.717, 1.165) is 77.0 Å². The molecule has 0 bridgehead atoms. The smallest absolute Gasteiger partial charge is 0.305 e. The van der Waals surface area contributed by atoms with Gasteiger partial charge in [-0.25, -0.2) is 0 Å². The summed E-state index contributed by atoms with van der Waals surface area (Å²) in [6.07, 6.45) is 65.9. The molecule has 2 atom stereocenters. The number of aliphatic hydroxyl groups excluding tert-OH is 2. The second kappa shape index (κ2) is 53.7. The van der Waals surface area contributed by atoms with Crippen LogP contribution in [0.1, 0.15) is 296 Å². The highest BCUT2D eigenvalue weighted by molar-refractivity contribution is 5.76. The second-order valence-electron chi connectivity index (χ2n) is 19.3. The Bertz CT molecular complexity index is 1040. The predicted molar refractivity (Wildman–Crippen MR) is 278 cm³/mol. The fourth-order valence-electron chi connectivity index (χ4n) is 8.50. The molecule has 0 aromatic rings. The minimum Gasteiger partial charge on any atom is -0.466 e. The number of rotatable bonds is 52. The largest absolute Gasteiger partial charge is 0.466 e. The van der Waals surface area contributed by atoms with Crippen LogP contribution >= 0.6 is 0 Å². The van der Waals surface area contributed by atoms with Crippen molar-refractivity contribution >= 4 is 11.9 Å². The molecule has 3 N–H and O–H groups in total. The Morgan fingerprint density at radius 2 is 0.734 bits per heavy atom. The minimum absolute atomic E-state index is 0.0467. The fraction of sp³-hybridized carbons (Fsp3) is 0.862. The maximum absolute atomic E-state index is 12.5. The first-order valence-corrected chi connectivity index (χ1v) is 28.3. The number of carbonyl (C=O) groups excluding carboxylic acids is 2. The van der Waals surface area contributed by atoms with Crippen LogP contribution in [-0.4, -0.2) is 47.4 Å². The Labute approximate surface area is 398 Å². The average Bonchev–Trinajstić information content (AvgIpc) is 3.29. The molecule has 6 heteroatoms. The normalized spacial score (nSPS) is 12.9. The maximum atomic E-state index is 12.5. The van der Waals surface area contributed by atoms with E-state index >= 15 is 0 Å². The molecule has 0 saturated heterocycles. The summed E-state index contributed by atoms with van der Waals surface area (Å²) in [6.45, 7) is 4.81. The molecular formula is C58H109NO5. The first-order chi connectivity index (χ1) is 31.5. The molecule has 0 saturated carbocycles. The lowest BCUT2D eigenvalue weighted by atomic mass is 10.0. The molecule has 0 aromatic carbocycles. The van der Waals surface area contributed by atoms with Gasteiger partial charge in [0, 0.05) is 12.8 Å². The molecule has 0 rings (SSSR count). The number of allylic oxidation sites excluding steroid dienone is 5.